The number of nitrogens with one attached hydrogen (secondary N) is 4. The number of phenols is 8. The maximum Gasteiger partial charge on any atom is 0.127 e. The summed E-state index contributed by atoms with van der Waals surface area (Å²) in [6.07, 6.45) is 0.558. The van der Waals surface area contributed by atoms with Crippen LogP contribution in [0.3, 0.4) is 0 Å². The molecule has 20 nitrogen and oxygen atoms in total. The molecule has 0 aromatic heterocycles. The molecule has 0 amide bonds. The van der Waals surface area contributed by atoms with Gasteiger partial charge < -0.3 is 103 Å². The third kappa shape index (κ3) is 12.9. The summed E-state index contributed by atoms with van der Waals surface area (Å²) in [5.41, 5.74) is 0.853. The van der Waals surface area contributed by atoms with E-state index < -0.39 is 69.7 Å². The van der Waals surface area contributed by atoms with Crippen molar-refractivity contribution in [2.75, 3.05) is 79.0 Å². The first-order valence-corrected chi connectivity index (χ1v) is 24.8. The minimum absolute atomic E-state index is 0.0405. The second kappa shape index (κ2) is 28.3. The molecule has 72 heavy (non-hydrogen) atoms. The van der Waals surface area contributed by atoms with Gasteiger partial charge in [-0.2, -0.15) is 0 Å². The SMILES string of the molecule is OCCCC1c2cc(c(O)c(CNCCO)c2O)C(CCCO)c2cc(c(O)c(CNCCO)c2O)C(CCCO)c2cc(c(O)c(CNCCO)c2O)C(CCCO)c2cc1c(O)c(CNCCO)c2O. The highest BCUT2D eigenvalue weighted by molar-refractivity contribution is 5.67. The Hall–Kier alpha value is -5.20. The Balaban J connectivity index is 2.14. The van der Waals surface area contributed by atoms with Crippen LogP contribution in [-0.2, 0) is 26.2 Å². The Morgan fingerprint density at radius 1 is 0.264 bits per heavy atom. The molecule has 400 valence electrons. The molecule has 0 fully saturated rings. The van der Waals surface area contributed by atoms with Crippen molar-refractivity contribution in [2.24, 2.45) is 0 Å². The highest BCUT2D eigenvalue weighted by Crippen LogP contribution is 2.55. The first-order valence-electron chi connectivity index (χ1n) is 24.8. The standard InChI is InChI=1S/C52H76N4O16/c57-13-1-5-29-33-21-35(47(67)41(45(33)65)25-53-9-17-61)30(6-2-14-58)37-23-39(51(71)43(49(37)69)27-55-11-19-63)32(8-4-16-60)40-24-38(50(70)44(52(40)72)28-56-12-20-64)31(7-3-15-59)36-22-34(29)46(66)42(48(36)68)26-54-10-18-62/h21-24,29-32,53-72H,1-20,25-28H2. The van der Waals surface area contributed by atoms with Gasteiger partial charge in [-0.25, -0.2) is 0 Å². The van der Waals surface area contributed by atoms with Crippen molar-refractivity contribution in [3.05, 3.63) is 91.0 Å². The molecule has 4 aromatic carbocycles. The zero-order chi connectivity index (χ0) is 52.5. The van der Waals surface area contributed by atoms with Crippen LogP contribution < -0.4 is 21.3 Å². The summed E-state index contributed by atoms with van der Waals surface area (Å²) in [7, 11) is 0. The second-order valence-corrected chi connectivity index (χ2v) is 18.2. The third-order valence-electron chi connectivity index (χ3n) is 13.7. The van der Waals surface area contributed by atoms with Crippen molar-refractivity contribution in [2.45, 2.75) is 101 Å². The van der Waals surface area contributed by atoms with Gasteiger partial charge in [0.05, 0.1) is 48.7 Å². The van der Waals surface area contributed by atoms with E-state index in [1.807, 2.05) is 0 Å². The molecule has 20 N–H and O–H groups in total. The van der Waals surface area contributed by atoms with Gasteiger partial charge in [-0.05, 0) is 75.6 Å². The molecule has 1 aliphatic carbocycles. The van der Waals surface area contributed by atoms with Crippen LogP contribution in [-0.4, -0.2) is 161 Å². The fraction of sp³-hybridized carbons (Fsp3) is 0.538. The summed E-state index contributed by atoms with van der Waals surface area (Å²) in [4.78, 5) is 0. The smallest absolute Gasteiger partial charge is 0.127 e. The predicted molar refractivity (Wildman–Crippen MR) is 267 cm³/mol. The Kier molecular flexibility index (Phi) is 22.7. The number of rotatable bonds is 28. The molecule has 4 aromatic rings. The molecule has 0 radical (unpaired) electrons. The van der Waals surface area contributed by atoms with Gasteiger partial charge in [0.1, 0.15) is 46.0 Å². The molecule has 0 aliphatic heterocycles. The van der Waals surface area contributed by atoms with Crippen molar-refractivity contribution in [1.29, 1.82) is 0 Å². The minimum atomic E-state index is -1.05. The Morgan fingerprint density at radius 2 is 0.431 bits per heavy atom. The van der Waals surface area contributed by atoms with E-state index in [1.165, 1.54) is 24.3 Å². The summed E-state index contributed by atoms with van der Waals surface area (Å²) in [5, 5.41) is 192. The van der Waals surface area contributed by atoms with Gasteiger partial charge in [-0.15, -0.1) is 0 Å². The van der Waals surface area contributed by atoms with Crippen LogP contribution >= 0.6 is 0 Å². The van der Waals surface area contributed by atoms with Crippen LogP contribution in [0.4, 0.5) is 0 Å². The van der Waals surface area contributed by atoms with Gasteiger partial charge in [0.15, 0.2) is 0 Å². The van der Waals surface area contributed by atoms with Gasteiger partial charge in [0, 0.05) is 147 Å². The molecule has 1 aliphatic rings. The van der Waals surface area contributed by atoms with Crippen LogP contribution in [0.2, 0.25) is 0 Å². The lowest BCUT2D eigenvalue weighted by atomic mass is 9.74. The Morgan fingerprint density at radius 3 is 0.569 bits per heavy atom. The summed E-state index contributed by atoms with van der Waals surface area (Å²) in [6.45, 7) is -3.22. The van der Waals surface area contributed by atoms with Gasteiger partial charge in [-0.3, -0.25) is 0 Å². The fourth-order valence-electron chi connectivity index (χ4n) is 10.1. The molecule has 0 spiro atoms. The van der Waals surface area contributed by atoms with Crippen LogP contribution in [0.5, 0.6) is 46.0 Å². The molecule has 20 heteroatoms. The van der Waals surface area contributed by atoms with E-state index in [0.717, 1.165) is 0 Å². The molecule has 8 bridgehead atoms. The zero-order valence-corrected chi connectivity index (χ0v) is 40.7. The largest absolute Gasteiger partial charge is 0.507 e. The average molecular weight is 1010 g/mol. The average Bonchev–Trinajstić information content (AvgIpc) is 3.36. The fourth-order valence-corrected chi connectivity index (χ4v) is 10.1. The molecule has 0 heterocycles. The van der Waals surface area contributed by atoms with Crippen LogP contribution in [0, 0.1) is 0 Å². The second-order valence-electron chi connectivity index (χ2n) is 18.2. The third-order valence-corrected chi connectivity index (χ3v) is 13.7. The number of benzene rings is 4. The predicted octanol–water partition coefficient (Wildman–Crippen LogP) is 1.59. The van der Waals surface area contributed by atoms with Gasteiger partial charge in [-0.1, -0.05) is 0 Å². The number of fused-ring (bicyclic) bond motifs is 8. The van der Waals surface area contributed by atoms with E-state index in [-0.39, 0.29) is 223 Å². The van der Waals surface area contributed by atoms with Crippen LogP contribution in [0.1, 0.15) is 142 Å². The molecular weight excluding hydrogens is 937 g/mol. The normalized spacial score (nSPS) is 16.7. The van der Waals surface area contributed by atoms with Crippen LogP contribution in [0.15, 0.2) is 24.3 Å². The molecular formula is C52H76N4O16. The lowest BCUT2D eigenvalue weighted by Crippen LogP contribution is -2.21. The number of hydrogen-bond acceptors (Lipinski definition) is 20. The molecule has 5 rings (SSSR count). The maximum atomic E-state index is 12.4. The number of aromatic hydroxyl groups is 8. The topological polar surface area (TPSA) is 372 Å². The van der Waals surface area contributed by atoms with Crippen molar-refractivity contribution in [3.63, 3.8) is 0 Å². The van der Waals surface area contributed by atoms with Crippen molar-refractivity contribution in [1.82, 2.24) is 21.3 Å². The number of phenolic OH excluding ortho intramolecular Hbond substituents is 8. The quantitative estimate of drug-likeness (QED) is 0.0359. The Labute approximate surface area is 419 Å². The molecule has 0 atom stereocenters. The van der Waals surface area contributed by atoms with Gasteiger partial charge >= 0.3 is 0 Å². The van der Waals surface area contributed by atoms with Crippen molar-refractivity contribution < 1.29 is 81.7 Å². The zero-order valence-electron chi connectivity index (χ0n) is 40.7. The van der Waals surface area contributed by atoms with Crippen molar-refractivity contribution in [3.8, 4) is 46.0 Å². The number of aliphatic hydroxyl groups excluding tert-OH is 8. The summed E-state index contributed by atoms with van der Waals surface area (Å²) >= 11 is 0. The monoisotopic (exact) mass is 1010 g/mol. The first-order chi connectivity index (χ1) is 34.8. The highest BCUT2D eigenvalue weighted by atomic mass is 16.3. The van der Waals surface area contributed by atoms with E-state index in [4.69, 9.17) is 0 Å². The summed E-state index contributed by atoms with van der Waals surface area (Å²) < 4.78 is 0. The summed E-state index contributed by atoms with van der Waals surface area (Å²) in [5.74, 6) is -7.61. The summed E-state index contributed by atoms with van der Waals surface area (Å²) in [6, 6.07) is 6.05. The number of hydrogen-bond donors (Lipinski definition) is 20. The molecule has 0 unspecified atom stereocenters. The highest BCUT2D eigenvalue weighted by Gasteiger charge is 2.37. The first kappa shape index (κ1) is 57.7. The molecule has 0 saturated carbocycles. The minimum Gasteiger partial charge on any atom is -0.507 e. The lowest BCUT2D eigenvalue weighted by Gasteiger charge is -2.32. The van der Waals surface area contributed by atoms with Gasteiger partial charge in [0.2, 0.25) is 0 Å². The van der Waals surface area contributed by atoms with E-state index in [0.29, 0.717) is 0 Å². The maximum absolute atomic E-state index is 12.4. The van der Waals surface area contributed by atoms with E-state index in [1.54, 1.807) is 0 Å². The van der Waals surface area contributed by atoms with Crippen LogP contribution in [0.25, 0.3) is 0 Å². The lowest BCUT2D eigenvalue weighted by molar-refractivity contribution is 0.280. The van der Waals surface area contributed by atoms with E-state index in [9.17, 15) is 81.7 Å². The number of aliphatic hydroxyl groups is 8. The molecule has 0 saturated heterocycles. The van der Waals surface area contributed by atoms with Gasteiger partial charge in [0.25, 0.3) is 0 Å². The van der Waals surface area contributed by atoms with E-state index in [2.05, 4.69) is 21.3 Å². The van der Waals surface area contributed by atoms with E-state index >= 15 is 0 Å². The van der Waals surface area contributed by atoms with Crippen molar-refractivity contribution >= 4 is 0 Å². The Bertz CT molecular complexity index is 1950.